The van der Waals surface area contributed by atoms with Crippen LogP contribution in [0.5, 0.6) is 5.75 Å². The molecule has 1 atom stereocenters. The molecule has 1 amide bonds. The first kappa shape index (κ1) is 20.1. The molecule has 0 aliphatic carbocycles. The Balaban J connectivity index is 1.86. The molecule has 1 heterocycles. The summed E-state index contributed by atoms with van der Waals surface area (Å²) in [5.74, 6) is 0.0425. The van der Waals surface area contributed by atoms with E-state index < -0.39 is 6.04 Å². The maximum Gasteiger partial charge on any atom is 0.255 e. The monoisotopic (exact) mass is 416 g/mol. The van der Waals surface area contributed by atoms with Crippen LogP contribution in [0.25, 0.3) is 11.1 Å². The number of aromatic nitrogens is 1. The predicted molar refractivity (Wildman–Crippen MR) is 110 cm³/mol. The molecule has 5 nitrogen and oxygen atoms in total. The molecule has 1 aromatic heterocycles. The largest absolute Gasteiger partial charge is 0.496 e. The van der Waals surface area contributed by atoms with Crippen molar-refractivity contribution in [2.24, 2.45) is 0 Å². The SMILES string of the molecule is COc1cc(-c2ccncc2)ccc1C(=O)NC(CO)c1cc(Cl)cc(Cl)c1. The predicted octanol–water partition coefficient (Wildman–Crippen LogP) is 4.53. The van der Waals surface area contributed by atoms with Crippen LogP contribution in [0.15, 0.2) is 60.9 Å². The molecule has 144 valence electrons. The van der Waals surface area contributed by atoms with E-state index in [0.717, 1.165) is 11.1 Å². The summed E-state index contributed by atoms with van der Waals surface area (Å²) >= 11 is 12.0. The Labute approximate surface area is 172 Å². The molecule has 0 bridgehead atoms. The van der Waals surface area contributed by atoms with E-state index >= 15 is 0 Å². The highest BCUT2D eigenvalue weighted by atomic mass is 35.5. The number of nitrogens with one attached hydrogen (secondary N) is 1. The molecule has 0 fully saturated rings. The number of hydrogen-bond acceptors (Lipinski definition) is 4. The van der Waals surface area contributed by atoms with Crippen LogP contribution in [0.2, 0.25) is 10.0 Å². The zero-order valence-corrected chi connectivity index (χ0v) is 16.5. The lowest BCUT2D eigenvalue weighted by molar-refractivity contribution is 0.0913. The van der Waals surface area contributed by atoms with Gasteiger partial charge >= 0.3 is 0 Å². The molecule has 0 saturated heterocycles. The molecular formula is C21H18Cl2N2O3. The van der Waals surface area contributed by atoms with Gasteiger partial charge < -0.3 is 15.2 Å². The number of benzene rings is 2. The Morgan fingerprint density at radius 2 is 1.75 bits per heavy atom. The summed E-state index contributed by atoms with van der Waals surface area (Å²) in [5.41, 5.74) is 2.82. The van der Waals surface area contributed by atoms with E-state index in [1.54, 1.807) is 42.7 Å². The van der Waals surface area contributed by atoms with Crippen molar-refractivity contribution in [1.82, 2.24) is 10.3 Å². The van der Waals surface area contributed by atoms with Gasteiger partial charge in [0.1, 0.15) is 5.75 Å². The lowest BCUT2D eigenvalue weighted by Gasteiger charge is -2.19. The highest BCUT2D eigenvalue weighted by Crippen LogP contribution is 2.28. The standard InChI is InChI=1S/C21H18Cl2N2O3/c1-28-20-10-14(13-4-6-24-7-5-13)2-3-18(20)21(27)25-19(12-26)15-8-16(22)11-17(23)9-15/h2-11,19,26H,12H2,1H3,(H,25,27). The van der Waals surface area contributed by atoms with Gasteiger partial charge in [-0.3, -0.25) is 9.78 Å². The van der Waals surface area contributed by atoms with Gasteiger partial charge in [0.05, 0.1) is 25.3 Å². The fourth-order valence-electron chi connectivity index (χ4n) is 2.85. The van der Waals surface area contributed by atoms with E-state index in [1.807, 2.05) is 18.2 Å². The number of carbonyl (C=O) groups excluding carboxylic acids is 1. The summed E-state index contributed by atoms with van der Waals surface area (Å²) in [6.07, 6.45) is 3.40. The molecule has 28 heavy (non-hydrogen) atoms. The van der Waals surface area contributed by atoms with Gasteiger partial charge in [-0.2, -0.15) is 0 Å². The van der Waals surface area contributed by atoms with Crippen molar-refractivity contribution in [3.05, 3.63) is 82.1 Å². The van der Waals surface area contributed by atoms with Gasteiger partial charge in [0, 0.05) is 22.4 Å². The lowest BCUT2D eigenvalue weighted by atomic mass is 10.0. The fourth-order valence-corrected chi connectivity index (χ4v) is 3.39. The summed E-state index contributed by atoms with van der Waals surface area (Å²) in [6, 6.07) is 13.3. The van der Waals surface area contributed by atoms with Crippen molar-refractivity contribution in [1.29, 1.82) is 0 Å². The zero-order chi connectivity index (χ0) is 20.1. The average Bonchev–Trinajstić information content (AvgIpc) is 2.71. The van der Waals surface area contributed by atoms with Gasteiger partial charge in [-0.1, -0.05) is 29.3 Å². The number of nitrogens with zero attached hydrogens (tertiary/aromatic N) is 1. The molecule has 3 aromatic rings. The van der Waals surface area contributed by atoms with Crippen LogP contribution >= 0.6 is 23.2 Å². The first-order valence-electron chi connectivity index (χ1n) is 8.48. The second kappa shape index (κ2) is 9.06. The summed E-state index contributed by atoms with van der Waals surface area (Å²) in [4.78, 5) is 16.8. The molecule has 0 saturated carbocycles. The maximum absolute atomic E-state index is 12.8. The van der Waals surface area contributed by atoms with E-state index in [-0.39, 0.29) is 12.5 Å². The Morgan fingerprint density at radius 3 is 2.36 bits per heavy atom. The lowest BCUT2D eigenvalue weighted by Crippen LogP contribution is -2.31. The van der Waals surface area contributed by atoms with E-state index in [0.29, 0.717) is 26.9 Å². The summed E-state index contributed by atoms with van der Waals surface area (Å²) in [5, 5.41) is 13.4. The molecule has 0 spiro atoms. The summed E-state index contributed by atoms with van der Waals surface area (Å²) < 4.78 is 5.41. The van der Waals surface area contributed by atoms with Crippen LogP contribution in [-0.2, 0) is 0 Å². The first-order chi connectivity index (χ1) is 13.5. The molecule has 1 unspecified atom stereocenters. The Kier molecular flexibility index (Phi) is 6.52. The minimum absolute atomic E-state index is 0.306. The number of pyridine rings is 1. The van der Waals surface area contributed by atoms with Gasteiger partial charge in [0.2, 0.25) is 0 Å². The fraction of sp³-hybridized carbons (Fsp3) is 0.143. The molecule has 2 N–H and O–H groups in total. The van der Waals surface area contributed by atoms with Gasteiger partial charge in [0.15, 0.2) is 0 Å². The maximum atomic E-state index is 12.8. The number of hydrogen-bond donors (Lipinski definition) is 2. The quantitative estimate of drug-likeness (QED) is 0.619. The molecule has 0 aliphatic heterocycles. The molecule has 0 aliphatic rings. The number of aliphatic hydroxyl groups is 1. The topological polar surface area (TPSA) is 71.5 Å². The summed E-state index contributed by atoms with van der Waals surface area (Å²) in [6.45, 7) is -0.306. The summed E-state index contributed by atoms with van der Waals surface area (Å²) in [7, 11) is 1.50. The second-order valence-corrected chi connectivity index (χ2v) is 6.94. The highest BCUT2D eigenvalue weighted by Gasteiger charge is 2.19. The molecular weight excluding hydrogens is 399 g/mol. The van der Waals surface area contributed by atoms with Crippen LogP contribution in [0.4, 0.5) is 0 Å². The molecule has 2 aromatic carbocycles. The van der Waals surface area contributed by atoms with Crippen LogP contribution in [0, 0.1) is 0 Å². The van der Waals surface area contributed by atoms with Crippen molar-refractivity contribution in [3.8, 4) is 16.9 Å². The highest BCUT2D eigenvalue weighted by molar-refractivity contribution is 6.34. The van der Waals surface area contributed by atoms with Gasteiger partial charge in [-0.15, -0.1) is 0 Å². The third-order valence-corrected chi connectivity index (χ3v) is 4.67. The van der Waals surface area contributed by atoms with Crippen molar-refractivity contribution >= 4 is 29.1 Å². The molecule has 7 heteroatoms. The number of amides is 1. The number of carbonyl (C=O) groups is 1. The second-order valence-electron chi connectivity index (χ2n) is 6.06. The number of ether oxygens (including phenoxy) is 1. The number of halogens is 2. The van der Waals surface area contributed by atoms with Crippen LogP contribution in [-0.4, -0.2) is 29.7 Å². The van der Waals surface area contributed by atoms with Crippen LogP contribution < -0.4 is 10.1 Å². The van der Waals surface area contributed by atoms with Crippen LogP contribution in [0.3, 0.4) is 0 Å². The smallest absolute Gasteiger partial charge is 0.255 e. The minimum atomic E-state index is -0.659. The third-order valence-electron chi connectivity index (χ3n) is 4.23. The van der Waals surface area contributed by atoms with Gasteiger partial charge in [-0.25, -0.2) is 0 Å². The Hall–Kier alpha value is -2.60. The molecule has 3 rings (SSSR count). The van der Waals surface area contributed by atoms with Crippen molar-refractivity contribution in [3.63, 3.8) is 0 Å². The van der Waals surface area contributed by atoms with Crippen LogP contribution in [0.1, 0.15) is 22.0 Å². The normalized spacial score (nSPS) is 11.7. The van der Waals surface area contributed by atoms with Crippen molar-refractivity contribution in [2.75, 3.05) is 13.7 Å². The van der Waals surface area contributed by atoms with E-state index in [9.17, 15) is 9.90 Å². The molecule has 0 radical (unpaired) electrons. The zero-order valence-electron chi connectivity index (χ0n) is 15.0. The number of methoxy groups -OCH3 is 1. The first-order valence-corrected chi connectivity index (χ1v) is 9.23. The number of aliphatic hydroxyl groups excluding tert-OH is 1. The van der Waals surface area contributed by atoms with Gasteiger partial charge in [-0.05, 0) is 59.2 Å². The van der Waals surface area contributed by atoms with Crippen molar-refractivity contribution in [2.45, 2.75) is 6.04 Å². The Morgan fingerprint density at radius 1 is 1.07 bits per heavy atom. The number of rotatable bonds is 6. The van der Waals surface area contributed by atoms with Gasteiger partial charge in [0.25, 0.3) is 5.91 Å². The average molecular weight is 417 g/mol. The van der Waals surface area contributed by atoms with E-state index in [2.05, 4.69) is 10.3 Å². The van der Waals surface area contributed by atoms with E-state index in [4.69, 9.17) is 27.9 Å². The van der Waals surface area contributed by atoms with E-state index in [1.165, 1.54) is 7.11 Å². The Bertz CT molecular complexity index is 960. The minimum Gasteiger partial charge on any atom is -0.496 e. The third kappa shape index (κ3) is 4.62. The van der Waals surface area contributed by atoms with Crippen molar-refractivity contribution < 1.29 is 14.6 Å².